The zero-order valence-corrected chi connectivity index (χ0v) is 11.3. The average molecular weight is 292 g/mol. The number of nitrogens with one attached hydrogen (secondary N) is 1. The minimum Gasteiger partial charge on any atom is -0.480 e. The van der Waals surface area contributed by atoms with Gasteiger partial charge < -0.3 is 5.11 Å². The Kier molecular flexibility index (Phi) is 5.13. The van der Waals surface area contributed by atoms with Gasteiger partial charge in [-0.25, -0.2) is 8.42 Å². The van der Waals surface area contributed by atoms with Crippen molar-refractivity contribution in [3.8, 4) is 0 Å². The lowest BCUT2D eigenvalue weighted by atomic mass is 10.2. The minimum absolute atomic E-state index is 0.0608. The van der Waals surface area contributed by atoms with Crippen LogP contribution < -0.4 is 4.72 Å². The van der Waals surface area contributed by atoms with Crippen LogP contribution in [0.3, 0.4) is 0 Å². The first-order valence-corrected chi connectivity index (χ1v) is 7.24. The number of carboxylic acid groups (broad SMARTS) is 1. The molecule has 0 saturated heterocycles. The van der Waals surface area contributed by atoms with Gasteiger partial charge in [-0.2, -0.15) is 4.72 Å². The Labute approximate surface area is 111 Å². The maximum Gasteiger partial charge on any atom is 0.321 e. The molecule has 1 aromatic carbocycles. The highest BCUT2D eigenvalue weighted by Crippen LogP contribution is 2.20. The summed E-state index contributed by atoms with van der Waals surface area (Å²) < 4.78 is 26.1. The van der Waals surface area contributed by atoms with Crippen LogP contribution in [0.15, 0.2) is 29.2 Å². The highest BCUT2D eigenvalue weighted by molar-refractivity contribution is 7.89. The van der Waals surface area contributed by atoms with Crippen LogP contribution >= 0.6 is 11.6 Å². The van der Waals surface area contributed by atoms with Crippen LogP contribution in [0.2, 0.25) is 5.02 Å². The molecule has 18 heavy (non-hydrogen) atoms. The van der Waals surface area contributed by atoms with E-state index in [1.54, 1.807) is 13.0 Å². The average Bonchev–Trinajstić information content (AvgIpc) is 2.28. The van der Waals surface area contributed by atoms with Crippen LogP contribution in [-0.4, -0.2) is 25.5 Å². The summed E-state index contributed by atoms with van der Waals surface area (Å²) in [5, 5.41) is 8.98. The SMILES string of the molecule is CCC[C@@H](NS(=O)(=O)c1ccccc1Cl)C(=O)O. The fourth-order valence-corrected chi connectivity index (χ4v) is 3.18. The number of hydrogen-bond donors (Lipinski definition) is 2. The Hall–Kier alpha value is -1.11. The molecule has 0 aliphatic rings. The van der Waals surface area contributed by atoms with Crippen LogP contribution in [0.25, 0.3) is 0 Å². The maximum absolute atomic E-state index is 12.0. The predicted octanol–water partition coefficient (Wildman–Crippen LogP) is 1.87. The Morgan fingerprint density at radius 2 is 2.06 bits per heavy atom. The van der Waals surface area contributed by atoms with Crippen molar-refractivity contribution in [1.29, 1.82) is 0 Å². The monoisotopic (exact) mass is 291 g/mol. The van der Waals surface area contributed by atoms with Gasteiger partial charge in [-0.1, -0.05) is 37.1 Å². The van der Waals surface area contributed by atoms with Crippen LogP contribution in [0, 0.1) is 0 Å². The van der Waals surface area contributed by atoms with Crippen molar-refractivity contribution in [1.82, 2.24) is 4.72 Å². The third kappa shape index (κ3) is 3.69. The Bertz CT molecular complexity index is 530. The summed E-state index contributed by atoms with van der Waals surface area (Å²) in [6.07, 6.45) is 0.779. The van der Waals surface area contributed by atoms with Crippen molar-refractivity contribution in [2.75, 3.05) is 0 Å². The summed E-state index contributed by atoms with van der Waals surface area (Å²) in [4.78, 5) is 10.8. The lowest BCUT2D eigenvalue weighted by molar-refractivity contribution is -0.139. The number of aliphatic carboxylic acids is 1. The summed E-state index contributed by atoms with van der Waals surface area (Å²) >= 11 is 5.78. The zero-order valence-electron chi connectivity index (χ0n) is 9.76. The first kappa shape index (κ1) is 14.9. The topological polar surface area (TPSA) is 83.5 Å². The van der Waals surface area contributed by atoms with Gasteiger partial charge in [0.1, 0.15) is 10.9 Å². The lowest BCUT2D eigenvalue weighted by Crippen LogP contribution is -2.40. The standard InChI is InChI=1S/C11H14ClNO4S/c1-2-5-9(11(14)15)13-18(16,17)10-7-4-3-6-8(10)12/h3-4,6-7,9,13H,2,5H2,1H3,(H,14,15)/t9-/m1/s1. The molecule has 1 rings (SSSR count). The molecular formula is C11H14ClNO4S. The van der Waals surface area contributed by atoms with E-state index in [1.165, 1.54) is 18.2 Å². The van der Waals surface area contributed by atoms with Crippen molar-refractivity contribution in [3.63, 3.8) is 0 Å². The maximum atomic E-state index is 12.0. The van der Waals surface area contributed by atoms with Crippen molar-refractivity contribution >= 4 is 27.6 Å². The van der Waals surface area contributed by atoms with Gasteiger partial charge in [-0.3, -0.25) is 4.79 Å². The molecule has 1 atom stereocenters. The molecule has 100 valence electrons. The number of carbonyl (C=O) groups is 1. The van der Waals surface area contributed by atoms with Gasteiger partial charge in [-0.15, -0.1) is 0 Å². The highest BCUT2D eigenvalue weighted by Gasteiger charge is 2.25. The predicted molar refractivity (Wildman–Crippen MR) is 68.1 cm³/mol. The third-order valence-corrected chi connectivity index (χ3v) is 4.27. The molecule has 0 bridgehead atoms. The summed E-state index contributed by atoms with van der Waals surface area (Å²) in [6.45, 7) is 1.78. The molecule has 0 aliphatic heterocycles. The van der Waals surface area contributed by atoms with Crippen molar-refractivity contribution < 1.29 is 18.3 Å². The van der Waals surface area contributed by atoms with Crippen LogP contribution in [-0.2, 0) is 14.8 Å². The fraction of sp³-hybridized carbons (Fsp3) is 0.364. The van der Waals surface area contributed by atoms with E-state index in [-0.39, 0.29) is 16.3 Å². The molecule has 7 heteroatoms. The second-order valence-corrected chi connectivity index (χ2v) is 5.82. The molecule has 0 radical (unpaired) electrons. The van der Waals surface area contributed by atoms with Crippen molar-refractivity contribution in [2.45, 2.75) is 30.7 Å². The summed E-state index contributed by atoms with van der Waals surface area (Å²) in [5.41, 5.74) is 0. The normalized spacial score (nSPS) is 13.2. The van der Waals surface area contributed by atoms with E-state index in [2.05, 4.69) is 4.72 Å². The second-order valence-electron chi connectivity index (χ2n) is 3.73. The van der Waals surface area contributed by atoms with Gasteiger partial charge in [0.05, 0.1) is 5.02 Å². The molecule has 0 aromatic heterocycles. The number of carboxylic acids is 1. The Morgan fingerprint density at radius 3 is 2.56 bits per heavy atom. The highest BCUT2D eigenvalue weighted by atomic mass is 35.5. The Balaban J connectivity index is 3.01. The van der Waals surface area contributed by atoms with E-state index in [0.29, 0.717) is 6.42 Å². The molecule has 0 fully saturated rings. The summed E-state index contributed by atoms with van der Waals surface area (Å²) in [7, 11) is -3.92. The van der Waals surface area contributed by atoms with Gasteiger partial charge >= 0.3 is 5.97 Å². The molecule has 0 amide bonds. The van der Waals surface area contributed by atoms with Gasteiger partial charge in [0.2, 0.25) is 10.0 Å². The largest absolute Gasteiger partial charge is 0.480 e. The lowest BCUT2D eigenvalue weighted by Gasteiger charge is -2.14. The molecule has 0 saturated carbocycles. The van der Waals surface area contributed by atoms with E-state index in [4.69, 9.17) is 16.7 Å². The first-order valence-electron chi connectivity index (χ1n) is 5.38. The number of benzene rings is 1. The molecule has 0 spiro atoms. The third-order valence-electron chi connectivity index (χ3n) is 2.30. The van der Waals surface area contributed by atoms with Gasteiger partial charge in [0, 0.05) is 0 Å². The van der Waals surface area contributed by atoms with Crippen LogP contribution in [0.1, 0.15) is 19.8 Å². The van der Waals surface area contributed by atoms with E-state index in [0.717, 1.165) is 0 Å². The van der Waals surface area contributed by atoms with Crippen molar-refractivity contribution in [2.24, 2.45) is 0 Å². The van der Waals surface area contributed by atoms with Crippen LogP contribution in [0.5, 0.6) is 0 Å². The zero-order chi connectivity index (χ0) is 13.8. The number of rotatable bonds is 6. The van der Waals surface area contributed by atoms with Gasteiger partial charge in [0.15, 0.2) is 0 Å². The Morgan fingerprint density at radius 1 is 1.44 bits per heavy atom. The fourth-order valence-electron chi connectivity index (χ4n) is 1.43. The molecule has 2 N–H and O–H groups in total. The number of hydrogen-bond acceptors (Lipinski definition) is 3. The molecule has 1 aromatic rings. The molecular weight excluding hydrogens is 278 g/mol. The van der Waals surface area contributed by atoms with E-state index in [9.17, 15) is 13.2 Å². The molecule has 0 heterocycles. The smallest absolute Gasteiger partial charge is 0.321 e. The molecule has 0 unspecified atom stereocenters. The molecule has 5 nitrogen and oxygen atoms in total. The van der Waals surface area contributed by atoms with Crippen molar-refractivity contribution in [3.05, 3.63) is 29.3 Å². The summed E-state index contributed by atoms with van der Waals surface area (Å²) in [6, 6.07) is 4.75. The van der Waals surface area contributed by atoms with Crippen LogP contribution in [0.4, 0.5) is 0 Å². The van der Waals surface area contributed by atoms with E-state index < -0.39 is 22.0 Å². The second kappa shape index (κ2) is 6.17. The first-order chi connectivity index (χ1) is 8.38. The quantitative estimate of drug-likeness (QED) is 0.838. The van der Waals surface area contributed by atoms with Gasteiger partial charge in [-0.05, 0) is 18.6 Å². The summed E-state index contributed by atoms with van der Waals surface area (Å²) in [5.74, 6) is -1.20. The number of sulfonamides is 1. The number of halogens is 1. The van der Waals surface area contributed by atoms with E-state index in [1.807, 2.05) is 0 Å². The van der Waals surface area contributed by atoms with E-state index >= 15 is 0 Å². The molecule has 0 aliphatic carbocycles. The van der Waals surface area contributed by atoms with Gasteiger partial charge in [0.25, 0.3) is 0 Å². The minimum atomic E-state index is -3.92.